The third-order valence-electron chi connectivity index (χ3n) is 3.97. The molecule has 2 rings (SSSR count). The molecule has 1 aromatic carbocycles. The summed E-state index contributed by atoms with van der Waals surface area (Å²) in [7, 11) is 1.73. The van der Waals surface area contributed by atoms with Crippen LogP contribution in [0.5, 0.6) is 0 Å². The predicted molar refractivity (Wildman–Crippen MR) is 87.0 cm³/mol. The molecule has 1 aromatic rings. The lowest BCUT2D eigenvalue weighted by Crippen LogP contribution is -2.42. The second kappa shape index (κ2) is 8.37. The maximum Gasteiger partial charge on any atom is 0.0748 e. The van der Waals surface area contributed by atoms with Gasteiger partial charge in [0.05, 0.1) is 19.3 Å². The van der Waals surface area contributed by atoms with E-state index in [1.54, 1.807) is 7.11 Å². The van der Waals surface area contributed by atoms with Crippen molar-refractivity contribution < 1.29 is 9.47 Å². The molecule has 1 aliphatic rings. The SMILES string of the molecule is CCC1CN(c2ccc(C)cc2CNCCOC)CCO1. The van der Waals surface area contributed by atoms with Crippen molar-refractivity contribution in [1.82, 2.24) is 5.32 Å². The normalized spacial score (nSPS) is 19.0. The third-order valence-corrected chi connectivity index (χ3v) is 3.97. The Hall–Kier alpha value is -1.10. The summed E-state index contributed by atoms with van der Waals surface area (Å²) in [5.74, 6) is 0. The van der Waals surface area contributed by atoms with Gasteiger partial charge < -0.3 is 19.7 Å². The van der Waals surface area contributed by atoms with Gasteiger partial charge in [-0.3, -0.25) is 0 Å². The molecule has 0 bridgehead atoms. The second-order valence-electron chi connectivity index (χ2n) is 5.65. The molecule has 0 radical (unpaired) electrons. The van der Waals surface area contributed by atoms with Crippen LogP contribution in [0.25, 0.3) is 0 Å². The van der Waals surface area contributed by atoms with Crippen molar-refractivity contribution in [3.05, 3.63) is 29.3 Å². The summed E-state index contributed by atoms with van der Waals surface area (Å²) in [5, 5.41) is 3.45. The number of hydrogen-bond acceptors (Lipinski definition) is 4. The highest BCUT2D eigenvalue weighted by atomic mass is 16.5. The molecule has 118 valence electrons. The Kier molecular flexibility index (Phi) is 6.49. The van der Waals surface area contributed by atoms with Crippen molar-refractivity contribution in [2.45, 2.75) is 32.9 Å². The largest absolute Gasteiger partial charge is 0.383 e. The van der Waals surface area contributed by atoms with Crippen molar-refractivity contribution in [3.63, 3.8) is 0 Å². The molecule has 21 heavy (non-hydrogen) atoms. The van der Waals surface area contributed by atoms with Gasteiger partial charge in [0.15, 0.2) is 0 Å². The van der Waals surface area contributed by atoms with E-state index in [1.165, 1.54) is 16.8 Å². The molecule has 0 saturated carbocycles. The average molecular weight is 292 g/mol. The first-order valence-electron chi connectivity index (χ1n) is 7.90. The van der Waals surface area contributed by atoms with Crippen molar-refractivity contribution >= 4 is 5.69 Å². The molecular formula is C17H28N2O2. The summed E-state index contributed by atoms with van der Waals surface area (Å²) in [6.07, 6.45) is 1.43. The zero-order chi connectivity index (χ0) is 15.1. The lowest BCUT2D eigenvalue weighted by molar-refractivity contribution is 0.0384. The molecule has 1 saturated heterocycles. The molecule has 1 unspecified atom stereocenters. The molecule has 0 aliphatic carbocycles. The van der Waals surface area contributed by atoms with Crippen LogP contribution >= 0.6 is 0 Å². The van der Waals surface area contributed by atoms with E-state index in [-0.39, 0.29) is 0 Å². The first-order chi connectivity index (χ1) is 10.2. The Bertz CT molecular complexity index is 437. The van der Waals surface area contributed by atoms with E-state index in [1.807, 2.05) is 0 Å². The molecule has 1 fully saturated rings. The fourth-order valence-corrected chi connectivity index (χ4v) is 2.75. The number of nitrogens with zero attached hydrogens (tertiary/aromatic N) is 1. The number of rotatable bonds is 7. The molecule has 4 heteroatoms. The molecule has 4 nitrogen and oxygen atoms in total. The van der Waals surface area contributed by atoms with Crippen LogP contribution in [0.1, 0.15) is 24.5 Å². The van der Waals surface area contributed by atoms with Gasteiger partial charge in [-0.05, 0) is 25.0 Å². The highest BCUT2D eigenvalue weighted by molar-refractivity contribution is 5.55. The fourth-order valence-electron chi connectivity index (χ4n) is 2.75. The van der Waals surface area contributed by atoms with Crippen molar-refractivity contribution in [3.8, 4) is 0 Å². The lowest BCUT2D eigenvalue weighted by Gasteiger charge is -2.35. The van der Waals surface area contributed by atoms with Crippen molar-refractivity contribution in [2.24, 2.45) is 0 Å². The van der Waals surface area contributed by atoms with Gasteiger partial charge >= 0.3 is 0 Å². The predicted octanol–water partition coefficient (Wildman–Crippen LogP) is 2.35. The van der Waals surface area contributed by atoms with Gasteiger partial charge in [0, 0.05) is 39.0 Å². The first kappa shape index (κ1) is 16.3. The fraction of sp³-hybridized carbons (Fsp3) is 0.647. The zero-order valence-corrected chi connectivity index (χ0v) is 13.5. The monoisotopic (exact) mass is 292 g/mol. The maximum atomic E-state index is 5.78. The quantitative estimate of drug-likeness (QED) is 0.782. The standard InChI is InChI=1S/C17H28N2O2/c1-4-16-13-19(8-10-21-16)17-6-5-14(2)11-15(17)12-18-7-9-20-3/h5-6,11,16,18H,4,7-10,12-13H2,1-3H3. The van der Waals surface area contributed by atoms with Gasteiger partial charge in [0.25, 0.3) is 0 Å². The Labute approximate surface area is 128 Å². The Morgan fingerprint density at radius 2 is 2.29 bits per heavy atom. The first-order valence-corrected chi connectivity index (χ1v) is 7.90. The summed E-state index contributed by atoms with van der Waals surface area (Å²) in [6, 6.07) is 6.73. The molecule has 0 amide bonds. The van der Waals surface area contributed by atoms with Crippen LogP contribution in [0.2, 0.25) is 0 Å². The molecule has 0 aromatic heterocycles. The average Bonchev–Trinajstić information content (AvgIpc) is 2.52. The molecule has 1 atom stereocenters. The van der Waals surface area contributed by atoms with Crippen LogP contribution in [0.4, 0.5) is 5.69 Å². The number of aryl methyl sites for hydroxylation is 1. The van der Waals surface area contributed by atoms with E-state index in [2.05, 4.69) is 42.3 Å². The Balaban J connectivity index is 2.06. The van der Waals surface area contributed by atoms with E-state index in [0.717, 1.165) is 45.8 Å². The lowest BCUT2D eigenvalue weighted by atomic mass is 10.1. The van der Waals surface area contributed by atoms with E-state index < -0.39 is 0 Å². The van der Waals surface area contributed by atoms with Gasteiger partial charge in [0.1, 0.15) is 0 Å². The Morgan fingerprint density at radius 1 is 1.43 bits per heavy atom. The van der Waals surface area contributed by atoms with E-state index in [9.17, 15) is 0 Å². The smallest absolute Gasteiger partial charge is 0.0748 e. The number of ether oxygens (including phenoxy) is 2. The Morgan fingerprint density at radius 3 is 3.05 bits per heavy atom. The molecule has 1 aliphatic heterocycles. The van der Waals surface area contributed by atoms with Crippen LogP contribution in [-0.4, -0.2) is 46.1 Å². The topological polar surface area (TPSA) is 33.7 Å². The van der Waals surface area contributed by atoms with Crippen molar-refractivity contribution in [2.75, 3.05) is 44.9 Å². The van der Waals surface area contributed by atoms with Crippen LogP contribution < -0.4 is 10.2 Å². The highest BCUT2D eigenvalue weighted by Gasteiger charge is 2.20. The molecule has 1 N–H and O–H groups in total. The molecule has 0 spiro atoms. The van der Waals surface area contributed by atoms with Gasteiger partial charge in [-0.2, -0.15) is 0 Å². The number of methoxy groups -OCH3 is 1. The minimum absolute atomic E-state index is 0.356. The van der Waals surface area contributed by atoms with Crippen LogP contribution in [0.3, 0.4) is 0 Å². The summed E-state index contributed by atoms with van der Waals surface area (Å²) in [4.78, 5) is 2.46. The number of anilines is 1. The summed E-state index contributed by atoms with van der Waals surface area (Å²) in [6.45, 7) is 9.64. The van der Waals surface area contributed by atoms with E-state index >= 15 is 0 Å². The van der Waals surface area contributed by atoms with Crippen LogP contribution in [0.15, 0.2) is 18.2 Å². The van der Waals surface area contributed by atoms with Gasteiger partial charge in [-0.15, -0.1) is 0 Å². The summed E-state index contributed by atoms with van der Waals surface area (Å²) >= 11 is 0. The second-order valence-corrected chi connectivity index (χ2v) is 5.65. The van der Waals surface area contributed by atoms with E-state index in [0.29, 0.717) is 6.10 Å². The number of hydrogen-bond donors (Lipinski definition) is 1. The zero-order valence-electron chi connectivity index (χ0n) is 13.5. The van der Waals surface area contributed by atoms with Crippen molar-refractivity contribution in [1.29, 1.82) is 0 Å². The molecular weight excluding hydrogens is 264 g/mol. The third kappa shape index (κ3) is 4.70. The maximum absolute atomic E-state index is 5.78. The van der Waals surface area contributed by atoms with E-state index in [4.69, 9.17) is 9.47 Å². The summed E-state index contributed by atoms with van der Waals surface area (Å²) in [5.41, 5.74) is 4.01. The highest BCUT2D eigenvalue weighted by Crippen LogP contribution is 2.24. The number of benzene rings is 1. The van der Waals surface area contributed by atoms with Crippen LogP contribution in [-0.2, 0) is 16.0 Å². The molecule has 1 heterocycles. The number of nitrogens with one attached hydrogen (secondary N) is 1. The van der Waals surface area contributed by atoms with Crippen LogP contribution in [0, 0.1) is 6.92 Å². The minimum atomic E-state index is 0.356. The number of morpholine rings is 1. The minimum Gasteiger partial charge on any atom is -0.383 e. The van der Waals surface area contributed by atoms with Gasteiger partial charge in [-0.25, -0.2) is 0 Å². The van der Waals surface area contributed by atoms with Gasteiger partial charge in [0.2, 0.25) is 0 Å². The van der Waals surface area contributed by atoms with Gasteiger partial charge in [-0.1, -0.05) is 24.6 Å². The summed E-state index contributed by atoms with van der Waals surface area (Å²) < 4.78 is 10.9.